The zero-order chi connectivity index (χ0) is 19.6. The molecule has 0 saturated carbocycles. The maximum Gasteiger partial charge on any atom is 0.257 e. The second-order valence-corrected chi connectivity index (χ2v) is 8.61. The van der Waals surface area contributed by atoms with Crippen molar-refractivity contribution in [2.45, 2.75) is 4.90 Å². The van der Waals surface area contributed by atoms with Crippen LogP contribution in [-0.4, -0.2) is 25.6 Å². The summed E-state index contributed by atoms with van der Waals surface area (Å²) in [7, 11) is -3.46. The number of anilines is 1. The Morgan fingerprint density at radius 1 is 1.00 bits per heavy atom. The van der Waals surface area contributed by atoms with Crippen molar-refractivity contribution < 1.29 is 13.2 Å². The van der Waals surface area contributed by atoms with E-state index in [2.05, 4.69) is 10.3 Å². The molecule has 0 unspecified atom stereocenters. The molecule has 1 amide bonds. The smallest absolute Gasteiger partial charge is 0.257 e. The highest BCUT2D eigenvalue weighted by Crippen LogP contribution is 2.30. The molecule has 3 rings (SSSR count). The van der Waals surface area contributed by atoms with Crippen molar-refractivity contribution >= 4 is 44.6 Å². The molecule has 0 aliphatic carbocycles. The van der Waals surface area contributed by atoms with Gasteiger partial charge in [-0.3, -0.25) is 9.78 Å². The summed E-state index contributed by atoms with van der Waals surface area (Å²) >= 11 is 12.3. The predicted octanol–water partition coefficient (Wildman–Crippen LogP) is 4.71. The largest absolute Gasteiger partial charge is 0.322 e. The number of carbonyl (C=O) groups excluding carboxylic acids is 1. The van der Waals surface area contributed by atoms with E-state index in [1.165, 1.54) is 18.2 Å². The highest BCUT2D eigenvalue weighted by molar-refractivity contribution is 7.90. The van der Waals surface area contributed by atoms with E-state index < -0.39 is 15.7 Å². The van der Waals surface area contributed by atoms with E-state index in [1.54, 1.807) is 36.5 Å². The van der Waals surface area contributed by atoms with Gasteiger partial charge < -0.3 is 5.32 Å². The van der Waals surface area contributed by atoms with Gasteiger partial charge in [0.15, 0.2) is 9.84 Å². The van der Waals surface area contributed by atoms with Crippen LogP contribution in [0.5, 0.6) is 0 Å². The van der Waals surface area contributed by atoms with E-state index in [1.807, 2.05) is 6.07 Å². The Morgan fingerprint density at radius 2 is 1.74 bits per heavy atom. The molecule has 0 saturated heterocycles. The maximum atomic E-state index is 12.6. The van der Waals surface area contributed by atoms with Gasteiger partial charge in [0.05, 0.1) is 26.2 Å². The van der Waals surface area contributed by atoms with Gasteiger partial charge >= 0.3 is 0 Å². The van der Waals surface area contributed by atoms with E-state index in [0.717, 1.165) is 6.26 Å². The van der Waals surface area contributed by atoms with Gasteiger partial charge in [0, 0.05) is 23.7 Å². The first-order chi connectivity index (χ1) is 12.8. The summed E-state index contributed by atoms with van der Waals surface area (Å²) in [5.74, 6) is -0.528. The number of amides is 1. The Kier molecular flexibility index (Phi) is 5.51. The molecule has 1 heterocycles. The molecule has 0 radical (unpaired) electrons. The SMILES string of the molecule is CS(=O)(=O)c1ccc(Cl)c(C(=O)Nc2ccc(Cl)c(-c3ccccn3)c2)c1. The average Bonchev–Trinajstić information content (AvgIpc) is 2.63. The molecule has 0 aliphatic rings. The first-order valence-electron chi connectivity index (χ1n) is 7.77. The van der Waals surface area contributed by atoms with Crippen LogP contribution in [0, 0.1) is 0 Å². The van der Waals surface area contributed by atoms with Crippen LogP contribution in [0.25, 0.3) is 11.3 Å². The van der Waals surface area contributed by atoms with Gasteiger partial charge in [-0.05, 0) is 48.5 Å². The highest BCUT2D eigenvalue weighted by Gasteiger charge is 2.16. The maximum absolute atomic E-state index is 12.6. The Balaban J connectivity index is 1.94. The molecule has 1 aromatic heterocycles. The number of nitrogens with one attached hydrogen (secondary N) is 1. The fourth-order valence-electron chi connectivity index (χ4n) is 2.43. The monoisotopic (exact) mass is 420 g/mol. The molecule has 2 aromatic carbocycles. The van der Waals surface area contributed by atoms with E-state index in [4.69, 9.17) is 23.2 Å². The van der Waals surface area contributed by atoms with Crippen LogP contribution >= 0.6 is 23.2 Å². The van der Waals surface area contributed by atoms with Crippen LogP contribution in [0.2, 0.25) is 10.0 Å². The van der Waals surface area contributed by atoms with Gasteiger partial charge in [-0.25, -0.2) is 8.42 Å². The van der Waals surface area contributed by atoms with Crippen molar-refractivity contribution in [1.29, 1.82) is 0 Å². The fourth-order valence-corrected chi connectivity index (χ4v) is 3.49. The van der Waals surface area contributed by atoms with E-state index in [-0.39, 0.29) is 15.5 Å². The Hall–Kier alpha value is -2.41. The van der Waals surface area contributed by atoms with E-state index in [0.29, 0.717) is 22.0 Å². The van der Waals surface area contributed by atoms with Gasteiger partial charge in [-0.15, -0.1) is 0 Å². The normalized spacial score (nSPS) is 11.2. The molecule has 138 valence electrons. The number of benzene rings is 2. The van der Waals surface area contributed by atoms with Crippen LogP contribution in [0.15, 0.2) is 65.7 Å². The number of hydrogen-bond acceptors (Lipinski definition) is 4. The molecule has 27 heavy (non-hydrogen) atoms. The summed E-state index contributed by atoms with van der Waals surface area (Å²) in [5, 5.41) is 3.35. The molecule has 5 nitrogen and oxygen atoms in total. The van der Waals surface area contributed by atoms with Crippen LogP contribution in [0.1, 0.15) is 10.4 Å². The lowest BCUT2D eigenvalue weighted by molar-refractivity contribution is 0.102. The zero-order valence-corrected chi connectivity index (χ0v) is 16.4. The summed E-state index contributed by atoms with van der Waals surface area (Å²) in [6.07, 6.45) is 2.71. The first-order valence-corrected chi connectivity index (χ1v) is 10.4. The lowest BCUT2D eigenvalue weighted by atomic mass is 10.1. The van der Waals surface area contributed by atoms with Gasteiger partial charge in [0.1, 0.15) is 0 Å². The summed E-state index contributed by atoms with van der Waals surface area (Å²) in [5.41, 5.74) is 1.86. The Bertz CT molecular complexity index is 1120. The number of halogens is 2. The molecule has 1 N–H and O–H groups in total. The summed E-state index contributed by atoms with van der Waals surface area (Å²) in [6, 6.07) is 14.4. The molecule has 3 aromatic rings. The van der Waals surface area contributed by atoms with Crippen LogP contribution in [-0.2, 0) is 9.84 Å². The Labute approximate surface area is 166 Å². The minimum atomic E-state index is -3.46. The zero-order valence-electron chi connectivity index (χ0n) is 14.1. The minimum absolute atomic E-state index is 0.0160. The first kappa shape index (κ1) is 19.4. The molecular formula is C19H14Cl2N2O3S. The molecular weight excluding hydrogens is 407 g/mol. The molecule has 0 fully saturated rings. The van der Waals surface area contributed by atoms with Crippen molar-refractivity contribution in [3.63, 3.8) is 0 Å². The van der Waals surface area contributed by atoms with Crippen molar-refractivity contribution in [2.24, 2.45) is 0 Å². The second-order valence-electron chi connectivity index (χ2n) is 5.78. The number of sulfone groups is 1. The number of rotatable bonds is 4. The van der Waals surface area contributed by atoms with Crippen LogP contribution < -0.4 is 5.32 Å². The molecule has 0 atom stereocenters. The summed E-state index contributed by atoms with van der Waals surface area (Å²) in [6.45, 7) is 0. The van der Waals surface area contributed by atoms with Crippen molar-refractivity contribution in [3.05, 3.63) is 76.4 Å². The van der Waals surface area contributed by atoms with E-state index >= 15 is 0 Å². The van der Waals surface area contributed by atoms with Gasteiger partial charge in [-0.1, -0.05) is 29.3 Å². The molecule has 0 aliphatic heterocycles. The third-order valence-corrected chi connectivity index (χ3v) is 5.55. The topological polar surface area (TPSA) is 76.1 Å². The second kappa shape index (κ2) is 7.68. The predicted molar refractivity (Wildman–Crippen MR) is 107 cm³/mol. The van der Waals surface area contributed by atoms with Crippen molar-refractivity contribution in [2.75, 3.05) is 11.6 Å². The number of carbonyl (C=O) groups is 1. The van der Waals surface area contributed by atoms with Crippen LogP contribution in [0.3, 0.4) is 0 Å². The third kappa shape index (κ3) is 4.47. The molecule has 0 spiro atoms. The summed E-state index contributed by atoms with van der Waals surface area (Å²) < 4.78 is 23.4. The Morgan fingerprint density at radius 3 is 2.41 bits per heavy atom. The average molecular weight is 421 g/mol. The van der Waals surface area contributed by atoms with Crippen LogP contribution in [0.4, 0.5) is 5.69 Å². The molecule has 8 heteroatoms. The number of hydrogen-bond donors (Lipinski definition) is 1. The highest BCUT2D eigenvalue weighted by atomic mass is 35.5. The van der Waals surface area contributed by atoms with Crippen molar-refractivity contribution in [1.82, 2.24) is 4.98 Å². The van der Waals surface area contributed by atoms with Crippen molar-refractivity contribution in [3.8, 4) is 11.3 Å². The quantitative estimate of drug-likeness (QED) is 0.662. The molecule has 0 bridgehead atoms. The standard InChI is InChI=1S/C19H14Cl2N2O3S/c1-27(25,26)13-6-8-17(21)15(11-13)19(24)23-12-5-7-16(20)14(10-12)18-4-2-3-9-22-18/h2-11H,1H3,(H,23,24). The van der Waals surface area contributed by atoms with Gasteiger partial charge in [-0.2, -0.15) is 0 Å². The fraction of sp³-hybridized carbons (Fsp3) is 0.0526. The number of nitrogens with zero attached hydrogens (tertiary/aromatic N) is 1. The lowest BCUT2D eigenvalue weighted by Crippen LogP contribution is -2.13. The number of aromatic nitrogens is 1. The third-order valence-electron chi connectivity index (χ3n) is 3.78. The number of pyridine rings is 1. The minimum Gasteiger partial charge on any atom is -0.322 e. The van der Waals surface area contributed by atoms with Gasteiger partial charge in [0.25, 0.3) is 5.91 Å². The summed E-state index contributed by atoms with van der Waals surface area (Å²) in [4.78, 5) is 16.9. The lowest BCUT2D eigenvalue weighted by Gasteiger charge is -2.11. The van der Waals surface area contributed by atoms with E-state index in [9.17, 15) is 13.2 Å². The van der Waals surface area contributed by atoms with Gasteiger partial charge in [0.2, 0.25) is 0 Å².